The van der Waals surface area contributed by atoms with Crippen molar-refractivity contribution < 1.29 is 9.59 Å². The molecular weight excluding hydrogens is 617 g/mol. The molecule has 6 nitrogen and oxygen atoms in total. The number of anilines is 1. The summed E-state index contributed by atoms with van der Waals surface area (Å²) >= 11 is 0. The van der Waals surface area contributed by atoms with Crippen LogP contribution in [0.1, 0.15) is 26.4 Å². The maximum atomic E-state index is 14.8. The average Bonchev–Trinajstić information content (AvgIpc) is 3.65. The highest BCUT2D eigenvalue weighted by atomic mass is 16.2. The number of rotatable bonds is 5. The minimum Gasteiger partial charge on any atom is -0.308 e. The fraction of sp³-hybridized carbons (Fsp3) is 0. The van der Waals surface area contributed by atoms with E-state index in [1.165, 1.54) is 4.90 Å². The Kier molecular flexibility index (Phi) is 6.72. The molecule has 6 heteroatoms. The first kappa shape index (κ1) is 29.1. The molecule has 0 N–H and O–H groups in total. The lowest BCUT2D eigenvalue weighted by Crippen LogP contribution is -2.30. The van der Waals surface area contributed by atoms with Crippen molar-refractivity contribution in [3.05, 3.63) is 175 Å². The Labute approximate surface area is 287 Å². The van der Waals surface area contributed by atoms with Crippen LogP contribution in [0.5, 0.6) is 0 Å². The molecular formula is C44H26N4O2. The van der Waals surface area contributed by atoms with E-state index in [-0.39, 0.29) is 11.8 Å². The molecule has 2 amide bonds. The van der Waals surface area contributed by atoms with Crippen molar-refractivity contribution >= 4 is 39.3 Å². The van der Waals surface area contributed by atoms with Gasteiger partial charge in [0.15, 0.2) is 0 Å². The van der Waals surface area contributed by atoms with E-state index in [2.05, 4.69) is 27.8 Å². The van der Waals surface area contributed by atoms with Gasteiger partial charge in [-0.25, -0.2) is 9.88 Å². The van der Waals surface area contributed by atoms with Crippen molar-refractivity contribution in [1.82, 2.24) is 9.55 Å². The van der Waals surface area contributed by atoms with Gasteiger partial charge in [0.2, 0.25) is 0 Å². The number of imide groups is 1. The van der Waals surface area contributed by atoms with E-state index in [0.29, 0.717) is 33.9 Å². The Balaban J connectivity index is 1.24. The van der Waals surface area contributed by atoms with Gasteiger partial charge in [-0.05, 0) is 65.2 Å². The van der Waals surface area contributed by atoms with Crippen LogP contribution in [-0.4, -0.2) is 21.4 Å². The summed E-state index contributed by atoms with van der Waals surface area (Å²) in [7, 11) is 0. The quantitative estimate of drug-likeness (QED) is 0.175. The number of para-hydroxylation sites is 1. The van der Waals surface area contributed by atoms with Gasteiger partial charge in [-0.2, -0.15) is 5.26 Å². The maximum Gasteiger partial charge on any atom is 0.268 e. The van der Waals surface area contributed by atoms with Crippen LogP contribution in [0.25, 0.3) is 61.0 Å². The van der Waals surface area contributed by atoms with Crippen molar-refractivity contribution in [2.24, 2.45) is 0 Å². The molecule has 6 aromatic carbocycles. The molecule has 50 heavy (non-hydrogen) atoms. The van der Waals surface area contributed by atoms with Gasteiger partial charge in [-0.3, -0.25) is 9.59 Å². The number of aromatic nitrogens is 2. The highest BCUT2D eigenvalue weighted by Crippen LogP contribution is 2.44. The van der Waals surface area contributed by atoms with E-state index < -0.39 is 0 Å². The monoisotopic (exact) mass is 642 g/mol. The molecule has 0 spiro atoms. The predicted octanol–water partition coefficient (Wildman–Crippen LogP) is 9.85. The zero-order valence-electron chi connectivity index (χ0n) is 26.6. The fourth-order valence-corrected chi connectivity index (χ4v) is 7.22. The number of hydrogen-bond acceptors (Lipinski definition) is 4. The number of fused-ring (bicyclic) bond motifs is 4. The van der Waals surface area contributed by atoms with E-state index in [1.807, 2.05) is 133 Å². The number of nitrogens with zero attached hydrogens (tertiary/aromatic N) is 4. The third kappa shape index (κ3) is 4.45. The Morgan fingerprint density at radius 2 is 1.16 bits per heavy atom. The summed E-state index contributed by atoms with van der Waals surface area (Å²) in [6, 6.07) is 52.8. The molecule has 3 heterocycles. The van der Waals surface area contributed by atoms with Crippen LogP contribution < -0.4 is 4.90 Å². The molecule has 0 saturated heterocycles. The summed E-state index contributed by atoms with van der Waals surface area (Å²) in [5.41, 5.74) is 9.24. The van der Waals surface area contributed by atoms with Crippen LogP contribution in [0.2, 0.25) is 0 Å². The topological polar surface area (TPSA) is 79.0 Å². The Morgan fingerprint density at radius 1 is 0.500 bits per heavy atom. The van der Waals surface area contributed by atoms with Gasteiger partial charge in [0.1, 0.15) is 11.8 Å². The molecule has 234 valence electrons. The zero-order valence-corrected chi connectivity index (χ0v) is 26.6. The Morgan fingerprint density at radius 3 is 1.94 bits per heavy atom. The maximum absolute atomic E-state index is 14.8. The first-order valence-electron chi connectivity index (χ1n) is 16.3. The minimum absolute atomic E-state index is 0.349. The van der Waals surface area contributed by atoms with E-state index in [9.17, 15) is 14.9 Å². The third-order valence-corrected chi connectivity index (χ3v) is 9.40. The fourth-order valence-electron chi connectivity index (χ4n) is 7.22. The molecule has 0 radical (unpaired) electrons. The first-order valence-corrected chi connectivity index (χ1v) is 16.3. The molecule has 8 aromatic rings. The largest absolute Gasteiger partial charge is 0.308 e. The van der Waals surface area contributed by atoms with Gasteiger partial charge >= 0.3 is 0 Å². The van der Waals surface area contributed by atoms with Gasteiger partial charge in [0, 0.05) is 21.9 Å². The zero-order chi connectivity index (χ0) is 33.8. The highest BCUT2D eigenvalue weighted by molar-refractivity contribution is 6.36. The molecule has 1 aliphatic rings. The summed E-state index contributed by atoms with van der Waals surface area (Å²) in [5.74, 6) is -0.733. The van der Waals surface area contributed by atoms with E-state index in [0.717, 1.165) is 49.6 Å². The van der Waals surface area contributed by atoms with Crippen molar-refractivity contribution in [3.8, 4) is 45.3 Å². The molecule has 0 aliphatic carbocycles. The highest BCUT2D eigenvalue weighted by Gasteiger charge is 2.40. The van der Waals surface area contributed by atoms with Crippen LogP contribution in [0.4, 0.5) is 5.69 Å². The number of amides is 2. The predicted molar refractivity (Wildman–Crippen MR) is 197 cm³/mol. The molecule has 0 unspecified atom stereocenters. The molecule has 2 aromatic heterocycles. The molecule has 0 saturated carbocycles. The second kappa shape index (κ2) is 11.6. The number of pyridine rings is 1. The number of carbonyl (C=O) groups is 2. The third-order valence-electron chi connectivity index (χ3n) is 9.40. The number of carbonyl (C=O) groups excluding carboxylic acids is 2. The van der Waals surface area contributed by atoms with Crippen LogP contribution in [0, 0.1) is 11.3 Å². The van der Waals surface area contributed by atoms with Crippen molar-refractivity contribution in [2.75, 3.05) is 4.90 Å². The van der Waals surface area contributed by atoms with Crippen LogP contribution >= 0.6 is 0 Å². The first-order chi connectivity index (χ1) is 24.6. The van der Waals surface area contributed by atoms with Gasteiger partial charge in [0.25, 0.3) is 11.8 Å². The lowest BCUT2D eigenvalue weighted by Gasteiger charge is -2.22. The van der Waals surface area contributed by atoms with E-state index in [1.54, 1.807) is 12.1 Å². The van der Waals surface area contributed by atoms with Gasteiger partial charge in [0.05, 0.1) is 39.2 Å². The van der Waals surface area contributed by atoms with Gasteiger partial charge in [-0.1, -0.05) is 109 Å². The number of nitriles is 1. The van der Waals surface area contributed by atoms with Crippen LogP contribution in [-0.2, 0) is 0 Å². The molecule has 1 aliphatic heterocycles. The Bertz CT molecular complexity index is 2710. The smallest absolute Gasteiger partial charge is 0.268 e. The lowest BCUT2D eigenvalue weighted by molar-refractivity contribution is 0.0926. The van der Waals surface area contributed by atoms with Gasteiger partial charge in [-0.15, -0.1) is 0 Å². The van der Waals surface area contributed by atoms with Crippen molar-refractivity contribution in [3.63, 3.8) is 0 Å². The number of benzene rings is 6. The molecule has 9 rings (SSSR count). The van der Waals surface area contributed by atoms with Crippen molar-refractivity contribution in [1.29, 1.82) is 5.26 Å². The number of hydrogen-bond donors (Lipinski definition) is 0. The van der Waals surface area contributed by atoms with Gasteiger partial charge < -0.3 is 4.57 Å². The minimum atomic E-state index is -0.372. The summed E-state index contributed by atoms with van der Waals surface area (Å²) in [6.07, 6.45) is 0. The Hall–Kier alpha value is -7.10. The normalized spacial score (nSPS) is 12.4. The second-order valence-electron chi connectivity index (χ2n) is 12.2. The summed E-state index contributed by atoms with van der Waals surface area (Å²) in [4.78, 5) is 35.0. The lowest BCUT2D eigenvalue weighted by atomic mass is 9.92. The van der Waals surface area contributed by atoms with E-state index in [4.69, 9.17) is 0 Å². The standard InChI is InChI=1S/C44H26N4O2/c45-27-31-16-9-20-36(46-31)30-24-25-38-35(26-30)33-17-7-8-21-37(33)47(38)40-23-11-19-34-42(40)44(50)48(43(34)49)39-22-10-18-32(28-12-3-1-4-13-28)41(39)29-14-5-2-6-15-29/h1-26H. The summed E-state index contributed by atoms with van der Waals surface area (Å²) in [5, 5.41) is 11.4. The summed E-state index contributed by atoms with van der Waals surface area (Å²) in [6.45, 7) is 0. The second-order valence-corrected chi connectivity index (χ2v) is 12.2. The van der Waals surface area contributed by atoms with Crippen LogP contribution in [0.3, 0.4) is 0 Å². The van der Waals surface area contributed by atoms with E-state index >= 15 is 0 Å². The SMILES string of the molecule is N#Cc1cccc(-c2ccc3c(c2)c2ccccc2n3-c2cccc3c2C(=O)N(c2cccc(-c4ccccc4)c2-c2ccccc2)C3=O)n1. The average molecular weight is 643 g/mol. The molecule has 0 fully saturated rings. The molecule has 0 atom stereocenters. The van der Waals surface area contributed by atoms with Crippen molar-refractivity contribution in [2.45, 2.75) is 0 Å². The van der Waals surface area contributed by atoms with Crippen LogP contribution in [0.15, 0.2) is 158 Å². The summed E-state index contributed by atoms with van der Waals surface area (Å²) < 4.78 is 2.07. The molecule has 0 bridgehead atoms.